The van der Waals surface area contributed by atoms with Crippen molar-refractivity contribution in [2.75, 3.05) is 19.8 Å². The normalized spacial score (nSPS) is 25.2. The molecule has 1 saturated heterocycles. The van der Waals surface area contributed by atoms with Crippen LogP contribution < -0.4 is 0 Å². The largest absolute Gasteiger partial charge is 0.394 e. The van der Waals surface area contributed by atoms with Crippen LogP contribution in [0.1, 0.15) is 77.6 Å². The van der Waals surface area contributed by atoms with E-state index in [1.807, 2.05) is 0 Å². The van der Waals surface area contributed by atoms with Gasteiger partial charge in [0, 0.05) is 6.61 Å². The fourth-order valence-corrected chi connectivity index (χ4v) is 3.24. The summed E-state index contributed by atoms with van der Waals surface area (Å²) in [5.41, 5.74) is 0. The van der Waals surface area contributed by atoms with Gasteiger partial charge in [0.25, 0.3) is 0 Å². The molecule has 5 heteroatoms. The molecule has 4 atom stereocenters. The molecular formula is C19H38O5. The topological polar surface area (TPSA) is 79.2 Å². The Bertz CT molecular complexity index is 287. The Morgan fingerprint density at radius 2 is 1.50 bits per heavy atom. The molecule has 0 bridgehead atoms. The van der Waals surface area contributed by atoms with Crippen molar-refractivity contribution in [2.24, 2.45) is 0 Å². The van der Waals surface area contributed by atoms with Crippen LogP contribution in [0, 0.1) is 0 Å². The van der Waals surface area contributed by atoms with Gasteiger partial charge in [-0.25, -0.2) is 0 Å². The van der Waals surface area contributed by atoms with Crippen LogP contribution in [-0.2, 0) is 9.47 Å². The van der Waals surface area contributed by atoms with Crippen LogP contribution in [0.25, 0.3) is 0 Å². The van der Waals surface area contributed by atoms with Crippen molar-refractivity contribution in [1.82, 2.24) is 0 Å². The van der Waals surface area contributed by atoms with Crippen molar-refractivity contribution in [1.29, 1.82) is 0 Å². The first-order chi connectivity index (χ1) is 11.7. The minimum Gasteiger partial charge on any atom is -0.394 e. The fraction of sp³-hybridized carbons (Fsp3) is 1.00. The molecule has 0 aromatic rings. The van der Waals surface area contributed by atoms with Gasteiger partial charge in [0.15, 0.2) is 0 Å². The van der Waals surface area contributed by atoms with Crippen LogP contribution >= 0.6 is 0 Å². The van der Waals surface area contributed by atoms with E-state index in [1.54, 1.807) is 0 Å². The molecule has 1 fully saturated rings. The Labute approximate surface area is 147 Å². The second-order valence-corrected chi connectivity index (χ2v) is 6.99. The van der Waals surface area contributed by atoms with Gasteiger partial charge < -0.3 is 24.8 Å². The highest BCUT2D eigenvalue weighted by Crippen LogP contribution is 2.21. The molecule has 0 unspecified atom stereocenters. The molecule has 1 aliphatic rings. The quantitative estimate of drug-likeness (QED) is 0.397. The molecule has 0 amide bonds. The number of unbranched alkanes of at least 4 members (excludes halogenated alkanes) is 10. The first kappa shape index (κ1) is 21.8. The van der Waals surface area contributed by atoms with Gasteiger partial charge >= 0.3 is 0 Å². The molecule has 144 valence electrons. The number of aliphatic hydroxyl groups excluding tert-OH is 3. The number of ether oxygens (including phenoxy) is 2. The minimum absolute atomic E-state index is 0.157. The highest BCUT2D eigenvalue weighted by atomic mass is 16.6. The molecule has 0 spiro atoms. The van der Waals surface area contributed by atoms with Gasteiger partial charge in [-0.1, -0.05) is 71.1 Å². The van der Waals surface area contributed by atoms with Gasteiger partial charge in [-0.15, -0.1) is 0 Å². The lowest BCUT2D eigenvalue weighted by atomic mass is 10.1. The minimum atomic E-state index is -0.996. The lowest BCUT2D eigenvalue weighted by Gasteiger charge is -2.23. The summed E-state index contributed by atoms with van der Waals surface area (Å²) in [6, 6.07) is 0. The van der Waals surface area contributed by atoms with E-state index in [0.717, 1.165) is 12.8 Å². The van der Waals surface area contributed by atoms with Gasteiger partial charge in [-0.3, -0.25) is 0 Å². The van der Waals surface area contributed by atoms with Gasteiger partial charge in [-0.05, 0) is 6.42 Å². The van der Waals surface area contributed by atoms with Gasteiger partial charge in [-0.2, -0.15) is 0 Å². The summed E-state index contributed by atoms with van der Waals surface area (Å²) in [6.07, 6.45) is 11.2. The van der Waals surface area contributed by atoms with E-state index in [9.17, 15) is 10.2 Å². The molecule has 3 N–H and O–H groups in total. The molecule has 0 aromatic carbocycles. The van der Waals surface area contributed by atoms with Crippen LogP contribution in [0.2, 0.25) is 0 Å². The van der Waals surface area contributed by atoms with E-state index < -0.39 is 24.4 Å². The average Bonchev–Trinajstić information content (AvgIpc) is 2.96. The highest BCUT2D eigenvalue weighted by Gasteiger charge is 2.40. The van der Waals surface area contributed by atoms with Crippen LogP contribution in [0.4, 0.5) is 0 Å². The van der Waals surface area contributed by atoms with Crippen LogP contribution in [0.15, 0.2) is 0 Å². The predicted molar refractivity (Wildman–Crippen MR) is 95.0 cm³/mol. The number of aliphatic hydroxyl groups is 3. The van der Waals surface area contributed by atoms with E-state index in [-0.39, 0.29) is 13.2 Å². The summed E-state index contributed by atoms with van der Waals surface area (Å²) in [5, 5.41) is 28.5. The molecule has 1 aliphatic heterocycles. The Hall–Kier alpha value is -0.200. The highest BCUT2D eigenvalue weighted by molar-refractivity contribution is 4.89. The van der Waals surface area contributed by atoms with Crippen molar-refractivity contribution in [3.8, 4) is 0 Å². The second kappa shape index (κ2) is 14.0. The molecule has 1 rings (SSSR count). The lowest BCUT2D eigenvalue weighted by Crippen LogP contribution is -2.42. The Kier molecular flexibility index (Phi) is 12.8. The lowest BCUT2D eigenvalue weighted by molar-refractivity contribution is -0.0938. The Morgan fingerprint density at radius 1 is 0.958 bits per heavy atom. The molecular weight excluding hydrogens is 308 g/mol. The molecule has 5 nitrogen and oxygen atoms in total. The van der Waals surface area contributed by atoms with E-state index in [2.05, 4.69) is 6.92 Å². The summed E-state index contributed by atoms with van der Waals surface area (Å²) < 4.78 is 11.0. The standard InChI is InChI=1S/C19H38O5/c1-2-3-4-5-6-7-8-9-10-11-12-13-23-19-17(22)15-24-18(19)16(21)14-20/h16-22H,2-15H2,1H3/t16-,17+,18+,19+/m0/s1. The van der Waals surface area contributed by atoms with E-state index in [4.69, 9.17) is 14.6 Å². The van der Waals surface area contributed by atoms with E-state index >= 15 is 0 Å². The van der Waals surface area contributed by atoms with Crippen molar-refractivity contribution in [3.05, 3.63) is 0 Å². The summed E-state index contributed by atoms with van der Waals surface area (Å²) in [4.78, 5) is 0. The number of rotatable bonds is 15. The van der Waals surface area contributed by atoms with Gasteiger partial charge in [0.1, 0.15) is 24.4 Å². The maximum Gasteiger partial charge on any atom is 0.114 e. The van der Waals surface area contributed by atoms with Crippen molar-refractivity contribution >= 4 is 0 Å². The average molecular weight is 347 g/mol. The summed E-state index contributed by atoms with van der Waals surface area (Å²) in [5.74, 6) is 0. The maximum absolute atomic E-state index is 9.84. The Morgan fingerprint density at radius 3 is 2.04 bits per heavy atom. The first-order valence-electron chi connectivity index (χ1n) is 9.90. The zero-order chi connectivity index (χ0) is 17.6. The van der Waals surface area contributed by atoms with Gasteiger partial charge in [0.05, 0.1) is 13.2 Å². The van der Waals surface area contributed by atoms with E-state index in [1.165, 1.54) is 57.8 Å². The SMILES string of the molecule is CCCCCCCCCCCCCO[C@H]1[C@@H]([C@@H](O)CO)OC[C@H]1O. The summed E-state index contributed by atoms with van der Waals surface area (Å²) >= 11 is 0. The Balaban J connectivity index is 1.94. The predicted octanol–water partition coefficient (Wildman–Crippen LogP) is 2.80. The molecule has 0 aliphatic carbocycles. The molecule has 0 saturated carbocycles. The van der Waals surface area contributed by atoms with E-state index in [0.29, 0.717) is 6.61 Å². The number of hydrogen-bond acceptors (Lipinski definition) is 5. The first-order valence-corrected chi connectivity index (χ1v) is 9.90. The van der Waals surface area contributed by atoms with Gasteiger partial charge in [0.2, 0.25) is 0 Å². The zero-order valence-electron chi connectivity index (χ0n) is 15.4. The zero-order valence-corrected chi connectivity index (χ0v) is 15.4. The maximum atomic E-state index is 9.84. The molecule has 1 heterocycles. The van der Waals surface area contributed by atoms with Crippen LogP contribution in [-0.4, -0.2) is 59.6 Å². The third-order valence-electron chi connectivity index (χ3n) is 4.79. The van der Waals surface area contributed by atoms with Crippen molar-refractivity contribution < 1.29 is 24.8 Å². The summed E-state index contributed by atoms with van der Waals surface area (Å²) in [6.45, 7) is 2.59. The third-order valence-corrected chi connectivity index (χ3v) is 4.79. The smallest absolute Gasteiger partial charge is 0.114 e. The van der Waals surface area contributed by atoms with Crippen molar-refractivity contribution in [2.45, 2.75) is 102 Å². The monoisotopic (exact) mass is 346 g/mol. The van der Waals surface area contributed by atoms with Crippen LogP contribution in [0.5, 0.6) is 0 Å². The molecule has 24 heavy (non-hydrogen) atoms. The van der Waals surface area contributed by atoms with Crippen molar-refractivity contribution in [3.63, 3.8) is 0 Å². The molecule has 0 aromatic heterocycles. The fourth-order valence-electron chi connectivity index (χ4n) is 3.24. The molecule has 0 radical (unpaired) electrons. The summed E-state index contributed by atoms with van der Waals surface area (Å²) in [7, 11) is 0. The third kappa shape index (κ3) is 8.77. The van der Waals surface area contributed by atoms with Crippen LogP contribution in [0.3, 0.4) is 0 Å². The number of hydrogen-bond donors (Lipinski definition) is 3. The second-order valence-electron chi connectivity index (χ2n) is 6.99.